The minimum atomic E-state index is -1.21. The first-order valence-corrected chi connectivity index (χ1v) is 9.88. The van der Waals surface area contributed by atoms with Gasteiger partial charge in [0.1, 0.15) is 18.1 Å². The van der Waals surface area contributed by atoms with E-state index in [0.29, 0.717) is 23.5 Å². The van der Waals surface area contributed by atoms with Gasteiger partial charge in [-0.05, 0) is 64.6 Å². The predicted molar refractivity (Wildman–Crippen MR) is 119 cm³/mol. The molecule has 5 nitrogen and oxygen atoms in total. The highest BCUT2D eigenvalue weighted by Gasteiger charge is 2.13. The Kier molecular flexibility index (Phi) is 7.02. The zero-order valence-corrected chi connectivity index (χ0v) is 17.5. The summed E-state index contributed by atoms with van der Waals surface area (Å²) in [5.41, 5.74) is 1.91. The molecule has 0 spiro atoms. The molecular formula is C23H18INO4. The summed E-state index contributed by atoms with van der Waals surface area (Å²) < 4.78 is 6.92. The molecule has 0 aliphatic carbocycles. The van der Waals surface area contributed by atoms with Crippen LogP contribution in [0.25, 0.3) is 6.08 Å². The van der Waals surface area contributed by atoms with E-state index in [1.165, 1.54) is 6.08 Å². The summed E-state index contributed by atoms with van der Waals surface area (Å²) in [6.45, 7) is 0.446. The smallest absolute Gasteiger partial charge is 0.352 e. The molecule has 2 N–H and O–H groups in total. The largest absolute Gasteiger partial charge is 0.489 e. The van der Waals surface area contributed by atoms with Crippen LogP contribution >= 0.6 is 22.6 Å². The molecule has 0 aliphatic rings. The summed E-state index contributed by atoms with van der Waals surface area (Å²) >= 11 is 2.26. The first-order valence-electron chi connectivity index (χ1n) is 8.80. The van der Waals surface area contributed by atoms with Gasteiger partial charge in [-0.1, -0.05) is 48.5 Å². The Morgan fingerprint density at radius 3 is 2.24 bits per heavy atom. The molecular weight excluding hydrogens is 481 g/mol. The summed E-state index contributed by atoms with van der Waals surface area (Å²) in [4.78, 5) is 23.7. The highest BCUT2D eigenvalue weighted by atomic mass is 127. The van der Waals surface area contributed by atoms with Crippen molar-refractivity contribution in [2.24, 2.45) is 0 Å². The van der Waals surface area contributed by atoms with Gasteiger partial charge in [0.15, 0.2) is 0 Å². The molecule has 0 aliphatic heterocycles. The number of carboxylic acids is 1. The summed E-state index contributed by atoms with van der Waals surface area (Å²) in [6, 6.07) is 23.4. The highest BCUT2D eigenvalue weighted by molar-refractivity contribution is 14.1. The fraction of sp³-hybridized carbons (Fsp3) is 0.0435. The van der Waals surface area contributed by atoms with Crippen LogP contribution in [-0.4, -0.2) is 17.0 Å². The number of rotatable bonds is 7. The van der Waals surface area contributed by atoms with Crippen molar-refractivity contribution in [3.63, 3.8) is 0 Å². The molecule has 0 saturated heterocycles. The highest BCUT2D eigenvalue weighted by Crippen LogP contribution is 2.18. The first-order chi connectivity index (χ1) is 14.0. The van der Waals surface area contributed by atoms with Crippen molar-refractivity contribution in [1.82, 2.24) is 5.32 Å². The fourth-order valence-electron chi connectivity index (χ4n) is 2.54. The third-order valence-corrected chi connectivity index (χ3v) is 5.11. The molecule has 1 amide bonds. The monoisotopic (exact) mass is 499 g/mol. The lowest BCUT2D eigenvalue weighted by atomic mass is 10.1. The van der Waals surface area contributed by atoms with Crippen LogP contribution in [0.15, 0.2) is 84.6 Å². The number of hydrogen-bond donors (Lipinski definition) is 2. The van der Waals surface area contributed by atoms with Gasteiger partial charge >= 0.3 is 5.97 Å². The van der Waals surface area contributed by atoms with E-state index in [4.69, 9.17) is 4.74 Å². The molecule has 0 aromatic heterocycles. The predicted octanol–water partition coefficient (Wildman–Crippen LogP) is 4.73. The Morgan fingerprint density at radius 2 is 1.59 bits per heavy atom. The number of amides is 1. The number of carboxylic acid groups (broad SMARTS) is 1. The van der Waals surface area contributed by atoms with Gasteiger partial charge in [-0.3, -0.25) is 4.79 Å². The minimum Gasteiger partial charge on any atom is -0.489 e. The van der Waals surface area contributed by atoms with Gasteiger partial charge in [-0.15, -0.1) is 0 Å². The lowest BCUT2D eigenvalue weighted by Crippen LogP contribution is -2.27. The van der Waals surface area contributed by atoms with Gasteiger partial charge in [0.2, 0.25) is 0 Å². The van der Waals surface area contributed by atoms with Gasteiger partial charge in [0.05, 0.1) is 0 Å². The van der Waals surface area contributed by atoms with Crippen LogP contribution in [0, 0.1) is 3.57 Å². The van der Waals surface area contributed by atoms with Crippen LogP contribution in [0.3, 0.4) is 0 Å². The van der Waals surface area contributed by atoms with Crippen LogP contribution < -0.4 is 10.1 Å². The third kappa shape index (κ3) is 5.92. The second-order valence-electron chi connectivity index (χ2n) is 6.13. The molecule has 3 rings (SSSR count). The Balaban J connectivity index is 1.68. The first kappa shape index (κ1) is 20.6. The second kappa shape index (κ2) is 9.88. The van der Waals surface area contributed by atoms with Crippen LogP contribution in [0.4, 0.5) is 0 Å². The minimum absolute atomic E-state index is 0.202. The molecule has 0 atom stereocenters. The van der Waals surface area contributed by atoms with Gasteiger partial charge in [-0.2, -0.15) is 0 Å². The van der Waals surface area contributed by atoms with Gasteiger partial charge < -0.3 is 15.2 Å². The zero-order valence-electron chi connectivity index (χ0n) is 15.3. The number of ether oxygens (including phenoxy) is 1. The quantitative estimate of drug-likeness (QED) is 0.364. The number of hydrogen-bond acceptors (Lipinski definition) is 3. The van der Waals surface area contributed by atoms with Crippen LogP contribution in [0.2, 0.25) is 0 Å². The van der Waals surface area contributed by atoms with Crippen molar-refractivity contribution in [3.05, 3.63) is 105 Å². The van der Waals surface area contributed by atoms with E-state index in [9.17, 15) is 14.7 Å². The lowest BCUT2D eigenvalue weighted by molar-refractivity contribution is -0.132. The lowest BCUT2D eigenvalue weighted by Gasteiger charge is -2.09. The molecule has 0 unspecified atom stereocenters. The van der Waals surface area contributed by atoms with E-state index >= 15 is 0 Å². The number of halogens is 1. The van der Waals surface area contributed by atoms with Gasteiger partial charge in [0.25, 0.3) is 5.91 Å². The molecule has 0 fully saturated rings. The van der Waals surface area contributed by atoms with E-state index in [0.717, 1.165) is 9.13 Å². The topological polar surface area (TPSA) is 75.6 Å². The van der Waals surface area contributed by atoms with Crippen LogP contribution in [0.1, 0.15) is 21.5 Å². The molecule has 0 bridgehead atoms. The summed E-state index contributed by atoms with van der Waals surface area (Å²) in [5, 5.41) is 11.9. The maximum absolute atomic E-state index is 12.2. The zero-order chi connectivity index (χ0) is 20.6. The summed E-state index contributed by atoms with van der Waals surface area (Å²) in [6.07, 6.45) is 1.41. The Bertz CT molecular complexity index is 1030. The normalized spacial score (nSPS) is 11.0. The average Bonchev–Trinajstić information content (AvgIpc) is 2.74. The van der Waals surface area contributed by atoms with Gasteiger partial charge in [0, 0.05) is 14.7 Å². The van der Waals surface area contributed by atoms with Crippen molar-refractivity contribution < 1.29 is 19.4 Å². The molecule has 0 radical (unpaired) electrons. The maximum Gasteiger partial charge on any atom is 0.352 e. The Labute approximate surface area is 182 Å². The maximum atomic E-state index is 12.2. The molecule has 29 heavy (non-hydrogen) atoms. The van der Waals surface area contributed by atoms with E-state index in [1.807, 2.05) is 24.3 Å². The van der Waals surface area contributed by atoms with Crippen molar-refractivity contribution in [2.75, 3.05) is 0 Å². The van der Waals surface area contributed by atoms with E-state index in [2.05, 4.69) is 27.9 Å². The number of nitrogens with one attached hydrogen (secondary N) is 1. The molecule has 3 aromatic carbocycles. The number of carbonyl (C=O) groups excluding carboxylic acids is 1. The SMILES string of the molecule is O=C(O)/C(=C\c1ccc(OCc2ccccc2I)cc1)NC(=O)c1ccccc1. The fourth-order valence-corrected chi connectivity index (χ4v) is 3.08. The van der Waals surface area contributed by atoms with Crippen LogP contribution in [0.5, 0.6) is 5.75 Å². The molecule has 3 aromatic rings. The average molecular weight is 499 g/mol. The summed E-state index contributed by atoms with van der Waals surface area (Å²) in [7, 11) is 0. The molecule has 146 valence electrons. The van der Waals surface area contributed by atoms with E-state index in [1.54, 1.807) is 54.6 Å². The second-order valence-corrected chi connectivity index (χ2v) is 7.29. The summed E-state index contributed by atoms with van der Waals surface area (Å²) in [5.74, 6) is -1.02. The molecule has 0 saturated carbocycles. The Morgan fingerprint density at radius 1 is 0.931 bits per heavy atom. The van der Waals surface area contributed by atoms with E-state index in [-0.39, 0.29) is 5.70 Å². The Hall–Kier alpha value is -3.13. The van der Waals surface area contributed by atoms with Crippen molar-refractivity contribution in [3.8, 4) is 5.75 Å². The third-order valence-electron chi connectivity index (χ3n) is 4.06. The molecule has 6 heteroatoms. The van der Waals surface area contributed by atoms with Crippen molar-refractivity contribution >= 4 is 40.5 Å². The van der Waals surface area contributed by atoms with Gasteiger partial charge in [-0.25, -0.2) is 4.79 Å². The number of benzene rings is 3. The van der Waals surface area contributed by atoms with Crippen LogP contribution in [-0.2, 0) is 11.4 Å². The number of carbonyl (C=O) groups is 2. The standard InChI is InChI=1S/C23H18INO4/c24-20-9-5-4-8-18(20)15-29-19-12-10-16(11-13-19)14-21(23(27)28)25-22(26)17-6-2-1-3-7-17/h1-14H,15H2,(H,25,26)(H,27,28)/b21-14+. The molecule has 0 heterocycles. The van der Waals surface area contributed by atoms with E-state index < -0.39 is 11.9 Å². The van der Waals surface area contributed by atoms with Crippen molar-refractivity contribution in [1.29, 1.82) is 0 Å². The van der Waals surface area contributed by atoms with Crippen molar-refractivity contribution in [2.45, 2.75) is 6.61 Å². The number of aliphatic carboxylic acids is 1.